The number of fused-ring (bicyclic) bond motifs is 1. The summed E-state index contributed by atoms with van der Waals surface area (Å²) in [7, 11) is 2.07. The van der Waals surface area contributed by atoms with Crippen LogP contribution in [-0.2, 0) is 11.8 Å². The van der Waals surface area contributed by atoms with Crippen LogP contribution in [0.25, 0.3) is 10.9 Å². The van der Waals surface area contributed by atoms with Gasteiger partial charge in [-0.2, -0.15) is 0 Å². The van der Waals surface area contributed by atoms with E-state index in [4.69, 9.17) is 0 Å². The highest BCUT2D eigenvalue weighted by molar-refractivity contribution is 5.86. The number of nitrogens with zero attached hydrogens (tertiary/aromatic N) is 1. The number of benzene rings is 2. The van der Waals surface area contributed by atoms with Crippen molar-refractivity contribution in [2.24, 2.45) is 13.0 Å². The zero-order valence-electron chi connectivity index (χ0n) is 17.0. The van der Waals surface area contributed by atoms with Gasteiger partial charge in [-0.15, -0.1) is 0 Å². The monoisotopic (exact) mass is 362 g/mol. The lowest BCUT2D eigenvalue weighted by atomic mass is 9.87. The molecule has 0 saturated carbocycles. The quantitative estimate of drug-likeness (QED) is 0.645. The second kappa shape index (κ2) is 7.99. The summed E-state index contributed by atoms with van der Waals surface area (Å²) in [6.07, 6.45) is 2.63. The standard InChI is InChI=1S/C24H30N2O/c1-16(2)18(4)25-24(27)14-21(19-10-8-9-17(3)13-19)22-15-26(5)23-12-7-6-11-20(22)23/h6-13,15-16,18,21H,14H2,1-5H3,(H,25,27). The normalized spacial score (nSPS) is 13.7. The summed E-state index contributed by atoms with van der Waals surface area (Å²) in [5.41, 5.74) is 4.82. The molecular weight excluding hydrogens is 332 g/mol. The molecule has 3 nitrogen and oxygen atoms in total. The third-order valence-corrected chi connectivity index (χ3v) is 5.53. The van der Waals surface area contributed by atoms with Gasteiger partial charge in [0.25, 0.3) is 0 Å². The summed E-state index contributed by atoms with van der Waals surface area (Å²) in [4.78, 5) is 12.8. The van der Waals surface area contributed by atoms with Crippen LogP contribution in [0.2, 0.25) is 0 Å². The lowest BCUT2D eigenvalue weighted by Gasteiger charge is -2.21. The van der Waals surface area contributed by atoms with Crippen LogP contribution in [0.1, 0.15) is 49.8 Å². The van der Waals surface area contributed by atoms with E-state index < -0.39 is 0 Å². The molecule has 1 aromatic heterocycles. The molecule has 0 saturated heterocycles. The predicted molar refractivity (Wildman–Crippen MR) is 113 cm³/mol. The summed E-state index contributed by atoms with van der Waals surface area (Å²) < 4.78 is 2.15. The van der Waals surface area contributed by atoms with Crippen molar-refractivity contribution in [3.63, 3.8) is 0 Å². The fraction of sp³-hybridized carbons (Fsp3) is 0.375. The van der Waals surface area contributed by atoms with Crippen LogP contribution >= 0.6 is 0 Å². The molecule has 2 unspecified atom stereocenters. The predicted octanol–water partition coefficient (Wildman–Crippen LogP) is 5.17. The van der Waals surface area contributed by atoms with E-state index in [0.29, 0.717) is 12.3 Å². The van der Waals surface area contributed by atoms with Gasteiger partial charge in [0.05, 0.1) is 0 Å². The Bertz CT molecular complexity index is 938. The maximum Gasteiger partial charge on any atom is 0.221 e. The Balaban J connectivity index is 2.01. The number of carbonyl (C=O) groups is 1. The molecule has 1 N–H and O–H groups in total. The number of aromatic nitrogens is 1. The highest BCUT2D eigenvalue weighted by Gasteiger charge is 2.23. The number of nitrogens with one attached hydrogen (secondary N) is 1. The van der Waals surface area contributed by atoms with Crippen molar-refractivity contribution in [1.29, 1.82) is 0 Å². The minimum absolute atomic E-state index is 0.0374. The molecule has 3 heteroatoms. The molecule has 0 aliphatic heterocycles. The second-order valence-corrected chi connectivity index (χ2v) is 7.98. The van der Waals surface area contributed by atoms with E-state index in [1.54, 1.807) is 0 Å². The van der Waals surface area contributed by atoms with Gasteiger partial charge in [0, 0.05) is 42.5 Å². The molecule has 27 heavy (non-hydrogen) atoms. The number of aryl methyl sites for hydroxylation is 2. The largest absolute Gasteiger partial charge is 0.353 e. The van der Waals surface area contributed by atoms with Crippen LogP contribution in [0.4, 0.5) is 0 Å². The third-order valence-electron chi connectivity index (χ3n) is 5.53. The lowest BCUT2D eigenvalue weighted by molar-refractivity contribution is -0.122. The molecule has 2 aromatic carbocycles. The van der Waals surface area contributed by atoms with E-state index in [1.165, 1.54) is 27.6 Å². The topological polar surface area (TPSA) is 34.0 Å². The van der Waals surface area contributed by atoms with E-state index in [1.807, 2.05) is 0 Å². The average Bonchev–Trinajstić information content (AvgIpc) is 2.96. The zero-order valence-corrected chi connectivity index (χ0v) is 17.0. The minimum Gasteiger partial charge on any atom is -0.353 e. The van der Waals surface area contributed by atoms with Gasteiger partial charge in [-0.3, -0.25) is 4.79 Å². The summed E-state index contributed by atoms with van der Waals surface area (Å²) in [5.74, 6) is 0.565. The van der Waals surface area contributed by atoms with Crippen molar-refractivity contribution in [3.8, 4) is 0 Å². The van der Waals surface area contributed by atoms with Gasteiger partial charge in [-0.25, -0.2) is 0 Å². The molecule has 1 amide bonds. The Morgan fingerprint density at radius 1 is 1.07 bits per heavy atom. The van der Waals surface area contributed by atoms with Gasteiger partial charge in [-0.1, -0.05) is 61.9 Å². The molecule has 0 aliphatic rings. The van der Waals surface area contributed by atoms with Crippen molar-refractivity contribution < 1.29 is 4.79 Å². The maximum atomic E-state index is 12.8. The molecule has 0 radical (unpaired) electrons. The van der Waals surface area contributed by atoms with E-state index >= 15 is 0 Å². The molecule has 1 heterocycles. The van der Waals surface area contributed by atoms with Crippen molar-refractivity contribution in [3.05, 3.63) is 71.4 Å². The summed E-state index contributed by atoms with van der Waals surface area (Å²) in [6, 6.07) is 17.1. The van der Waals surface area contributed by atoms with Crippen molar-refractivity contribution in [2.45, 2.75) is 46.1 Å². The molecule has 142 valence electrons. The first-order valence-corrected chi connectivity index (χ1v) is 9.76. The van der Waals surface area contributed by atoms with Gasteiger partial charge in [0.15, 0.2) is 0 Å². The first-order chi connectivity index (χ1) is 12.9. The summed E-state index contributed by atoms with van der Waals surface area (Å²) >= 11 is 0. The van der Waals surface area contributed by atoms with Crippen molar-refractivity contribution in [1.82, 2.24) is 9.88 Å². The number of rotatable bonds is 6. The molecule has 3 aromatic rings. The third kappa shape index (κ3) is 4.24. The van der Waals surface area contributed by atoms with Crippen LogP contribution in [0, 0.1) is 12.8 Å². The molecule has 0 spiro atoms. The fourth-order valence-corrected chi connectivity index (χ4v) is 3.61. The van der Waals surface area contributed by atoms with Crippen LogP contribution in [-0.4, -0.2) is 16.5 Å². The Labute approximate surface area is 162 Å². The van der Waals surface area contributed by atoms with Gasteiger partial charge in [0.2, 0.25) is 5.91 Å². The van der Waals surface area contributed by atoms with Crippen LogP contribution in [0.15, 0.2) is 54.7 Å². The highest BCUT2D eigenvalue weighted by Crippen LogP contribution is 2.34. The SMILES string of the molecule is Cc1cccc(C(CC(=O)NC(C)C(C)C)c2cn(C)c3ccccc23)c1. The van der Waals surface area contributed by atoms with Gasteiger partial charge >= 0.3 is 0 Å². The van der Waals surface area contributed by atoms with Gasteiger partial charge < -0.3 is 9.88 Å². The number of carbonyl (C=O) groups excluding carboxylic acids is 1. The van der Waals surface area contributed by atoms with Crippen molar-refractivity contribution in [2.75, 3.05) is 0 Å². The molecule has 0 fully saturated rings. The van der Waals surface area contributed by atoms with Crippen molar-refractivity contribution >= 4 is 16.8 Å². The number of amides is 1. The molecule has 3 rings (SSSR count). The molecule has 0 aliphatic carbocycles. The maximum absolute atomic E-state index is 12.8. The fourth-order valence-electron chi connectivity index (χ4n) is 3.61. The lowest BCUT2D eigenvalue weighted by Crippen LogP contribution is -2.36. The molecule has 0 bridgehead atoms. The van der Waals surface area contributed by atoms with E-state index in [9.17, 15) is 4.79 Å². The summed E-state index contributed by atoms with van der Waals surface area (Å²) in [5, 5.41) is 4.39. The van der Waals surface area contributed by atoms with E-state index in [-0.39, 0.29) is 17.9 Å². The second-order valence-electron chi connectivity index (χ2n) is 7.98. The molecular formula is C24H30N2O. The highest BCUT2D eigenvalue weighted by atomic mass is 16.1. The van der Waals surface area contributed by atoms with Crippen LogP contribution < -0.4 is 5.32 Å². The van der Waals surface area contributed by atoms with Gasteiger partial charge in [0.1, 0.15) is 0 Å². The number of para-hydroxylation sites is 1. The van der Waals surface area contributed by atoms with Gasteiger partial charge in [-0.05, 0) is 37.0 Å². The molecule has 2 atom stereocenters. The Kier molecular flexibility index (Phi) is 5.69. The van der Waals surface area contributed by atoms with Crippen LogP contribution in [0.3, 0.4) is 0 Å². The Morgan fingerprint density at radius 2 is 1.81 bits per heavy atom. The zero-order chi connectivity index (χ0) is 19.6. The van der Waals surface area contributed by atoms with Crippen LogP contribution in [0.5, 0.6) is 0 Å². The number of hydrogen-bond acceptors (Lipinski definition) is 1. The van der Waals surface area contributed by atoms with E-state index in [0.717, 1.165) is 0 Å². The smallest absolute Gasteiger partial charge is 0.221 e. The Hall–Kier alpha value is -2.55. The first-order valence-electron chi connectivity index (χ1n) is 9.76. The Morgan fingerprint density at radius 3 is 2.52 bits per heavy atom. The summed E-state index contributed by atoms with van der Waals surface area (Å²) in [6.45, 7) is 8.44. The van der Waals surface area contributed by atoms with E-state index in [2.05, 4.69) is 99.4 Å². The number of hydrogen-bond donors (Lipinski definition) is 1. The minimum atomic E-state index is 0.0374. The first kappa shape index (κ1) is 19.2. The average molecular weight is 363 g/mol.